The fourth-order valence-electron chi connectivity index (χ4n) is 3.92. The number of nitrogens with one attached hydrogen (secondary N) is 3. The van der Waals surface area contributed by atoms with E-state index in [0.717, 1.165) is 24.8 Å². The Bertz CT molecular complexity index is 716. The zero-order valence-corrected chi connectivity index (χ0v) is 14.1. The Morgan fingerprint density at radius 1 is 1.32 bits per heavy atom. The molecule has 1 saturated heterocycles. The smallest absolute Gasteiger partial charge is 0.251 e. The molecule has 3 N–H and O–H groups in total. The number of benzene rings is 1. The Labute approximate surface area is 147 Å². The van der Waals surface area contributed by atoms with E-state index in [9.17, 15) is 14.4 Å². The first-order valence-electron chi connectivity index (χ1n) is 8.61. The largest absolute Gasteiger partial charge is 0.350 e. The van der Waals surface area contributed by atoms with Gasteiger partial charge in [0.2, 0.25) is 11.8 Å². The molecule has 1 aromatic carbocycles. The summed E-state index contributed by atoms with van der Waals surface area (Å²) >= 11 is 0. The van der Waals surface area contributed by atoms with Crippen LogP contribution in [0.15, 0.2) is 36.9 Å². The third-order valence-electron chi connectivity index (χ3n) is 5.24. The normalized spacial score (nSPS) is 24.3. The fourth-order valence-corrected chi connectivity index (χ4v) is 3.92. The summed E-state index contributed by atoms with van der Waals surface area (Å²) in [6.07, 6.45) is 4.76. The molecule has 1 saturated carbocycles. The minimum Gasteiger partial charge on any atom is -0.350 e. The second-order valence-corrected chi connectivity index (χ2v) is 6.76. The highest BCUT2D eigenvalue weighted by molar-refractivity contribution is 5.96. The molecular weight excluding hydrogens is 318 g/mol. The molecule has 1 aromatic rings. The van der Waals surface area contributed by atoms with Crippen LogP contribution in [0.25, 0.3) is 0 Å². The van der Waals surface area contributed by atoms with Crippen LogP contribution in [-0.2, 0) is 16.1 Å². The molecule has 0 bridgehead atoms. The summed E-state index contributed by atoms with van der Waals surface area (Å²) in [7, 11) is 0. The standard InChI is InChI=1S/C19H23N3O3/c1-2-16(23)20-11-13-6-3-4-8-15(13)18(25)21-12-19-9-5-7-14(19)10-17(24)22-19/h2-4,6,8,14H,1,5,7,9-12H2,(H,20,23)(H,21,25)(H,22,24). The van der Waals surface area contributed by atoms with Gasteiger partial charge in [0.25, 0.3) is 5.91 Å². The van der Waals surface area contributed by atoms with Crippen molar-refractivity contribution in [3.63, 3.8) is 0 Å². The van der Waals surface area contributed by atoms with Crippen molar-refractivity contribution in [3.05, 3.63) is 48.0 Å². The molecule has 0 aromatic heterocycles. The number of hydrogen-bond donors (Lipinski definition) is 3. The van der Waals surface area contributed by atoms with Gasteiger partial charge in [-0.1, -0.05) is 31.2 Å². The summed E-state index contributed by atoms with van der Waals surface area (Å²) < 4.78 is 0. The topological polar surface area (TPSA) is 87.3 Å². The molecule has 25 heavy (non-hydrogen) atoms. The SMILES string of the molecule is C=CC(=O)NCc1ccccc1C(=O)NCC12CCCC1CC(=O)N2. The van der Waals surface area contributed by atoms with Gasteiger partial charge in [-0.15, -0.1) is 0 Å². The van der Waals surface area contributed by atoms with Crippen LogP contribution in [0.4, 0.5) is 0 Å². The van der Waals surface area contributed by atoms with Gasteiger partial charge in [-0.05, 0) is 36.5 Å². The van der Waals surface area contributed by atoms with E-state index < -0.39 is 0 Å². The van der Waals surface area contributed by atoms with Crippen molar-refractivity contribution >= 4 is 17.7 Å². The molecule has 1 heterocycles. The van der Waals surface area contributed by atoms with E-state index in [1.165, 1.54) is 6.08 Å². The number of carbonyl (C=O) groups is 3. The molecule has 1 aliphatic heterocycles. The second kappa shape index (κ2) is 7.09. The molecule has 2 unspecified atom stereocenters. The highest BCUT2D eigenvalue weighted by atomic mass is 16.2. The quantitative estimate of drug-likeness (QED) is 0.681. The van der Waals surface area contributed by atoms with E-state index in [0.29, 0.717) is 24.4 Å². The summed E-state index contributed by atoms with van der Waals surface area (Å²) in [5, 5.41) is 8.74. The Morgan fingerprint density at radius 2 is 2.12 bits per heavy atom. The Hall–Kier alpha value is -2.63. The van der Waals surface area contributed by atoms with Crippen LogP contribution in [0.2, 0.25) is 0 Å². The molecular formula is C19H23N3O3. The average molecular weight is 341 g/mol. The molecule has 0 radical (unpaired) electrons. The van der Waals surface area contributed by atoms with Crippen LogP contribution in [0.5, 0.6) is 0 Å². The van der Waals surface area contributed by atoms with E-state index in [-0.39, 0.29) is 29.8 Å². The Morgan fingerprint density at radius 3 is 2.92 bits per heavy atom. The Balaban J connectivity index is 1.66. The zero-order valence-electron chi connectivity index (χ0n) is 14.1. The van der Waals surface area contributed by atoms with Crippen LogP contribution in [0, 0.1) is 5.92 Å². The molecule has 6 nitrogen and oxygen atoms in total. The molecule has 6 heteroatoms. The summed E-state index contributed by atoms with van der Waals surface area (Å²) in [6.45, 7) is 4.12. The lowest BCUT2D eigenvalue weighted by Gasteiger charge is -2.29. The molecule has 3 rings (SSSR count). The van der Waals surface area contributed by atoms with Gasteiger partial charge in [-0.2, -0.15) is 0 Å². The lowest BCUT2D eigenvalue weighted by atomic mass is 9.89. The minimum absolute atomic E-state index is 0.0755. The van der Waals surface area contributed by atoms with E-state index in [4.69, 9.17) is 0 Å². The zero-order chi connectivity index (χ0) is 17.9. The van der Waals surface area contributed by atoms with Crippen LogP contribution >= 0.6 is 0 Å². The monoisotopic (exact) mass is 341 g/mol. The number of rotatable bonds is 6. The lowest BCUT2D eigenvalue weighted by Crippen LogP contribution is -2.52. The first kappa shape index (κ1) is 17.2. The first-order valence-corrected chi connectivity index (χ1v) is 8.61. The van der Waals surface area contributed by atoms with Gasteiger partial charge in [-0.3, -0.25) is 14.4 Å². The fraction of sp³-hybridized carbons (Fsp3) is 0.421. The van der Waals surface area contributed by atoms with Crippen LogP contribution in [0.1, 0.15) is 41.6 Å². The van der Waals surface area contributed by atoms with Crippen molar-refractivity contribution in [1.82, 2.24) is 16.0 Å². The van der Waals surface area contributed by atoms with Crippen molar-refractivity contribution in [2.75, 3.05) is 6.54 Å². The van der Waals surface area contributed by atoms with E-state index >= 15 is 0 Å². The average Bonchev–Trinajstić information content (AvgIpc) is 3.13. The van der Waals surface area contributed by atoms with Gasteiger partial charge in [-0.25, -0.2) is 0 Å². The summed E-state index contributed by atoms with van der Waals surface area (Å²) in [5.41, 5.74) is 0.979. The van der Waals surface area contributed by atoms with Gasteiger partial charge in [0.15, 0.2) is 0 Å². The van der Waals surface area contributed by atoms with E-state index in [1.807, 2.05) is 12.1 Å². The van der Waals surface area contributed by atoms with Crippen molar-refractivity contribution in [1.29, 1.82) is 0 Å². The van der Waals surface area contributed by atoms with Crippen LogP contribution < -0.4 is 16.0 Å². The van der Waals surface area contributed by atoms with Gasteiger partial charge in [0, 0.05) is 25.1 Å². The maximum absolute atomic E-state index is 12.6. The van der Waals surface area contributed by atoms with Gasteiger partial charge < -0.3 is 16.0 Å². The predicted octanol–water partition coefficient (Wildman–Crippen LogP) is 1.28. The van der Waals surface area contributed by atoms with Crippen LogP contribution in [-0.4, -0.2) is 29.8 Å². The summed E-state index contributed by atoms with van der Waals surface area (Å²) in [4.78, 5) is 35.7. The summed E-state index contributed by atoms with van der Waals surface area (Å²) in [6, 6.07) is 7.17. The van der Waals surface area contributed by atoms with Crippen molar-refractivity contribution < 1.29 is 14.4 Å². The molecule has 2 atom stereocenters. The number of carbonyl (C=O) groups excluding carboxylic acids is 3. The van der Waals surface area contributed by atoms with Crippen molar-refractivity contribution in [2.24, 2.45) is 5.92 Å². The molecule has 132 valence electrons. The van der Waals surface area contributed by atoms with E-state index in [1.54, 1.807) is 12.1 Å². The second-order valence-electron chi connectivity index (χ2n) is 6.76. The first-order chi connectivity index (χ1) is 12.0. The molecule has 2 fully saturated rings. The third kappa shape index (κ3) is 3.57. The molecule has 1 aliphatic carbocycles. The number of fused-ring (bicyclic) bond motifs is 1. The maximum Gasteiger partial charge on any atom is 0.251 e. The van der Waals surface area contributed by atoms with E-state index in [2.05, 4.69) is 22.5 Å². The molecule has 0 spiro atoms. The highest BCUT2D eigenvalue weighted by Gasteiger charge is 2.49. The molecule has 3 amide bonds. The van der Waals surface area contributed by atoms with Gasteiger partial charge in [0.05, 0.1) is 5.54 Å². The minimum atomic E-state index is -0.293. The maximum atomic E-state index is 12.6. The van der Waals surface area contributed by atoms with Gasteiger partial charge >= 0.3 is 0 Å². The Kier molecular flexibility index (Phi) is 4.88. The van der Waals surface area contributed by atoms with Crippen molar-refractivity contribution in [2.45, 2.75) is 37.8 Å². The third-order valence-corrected chi connectivity index (χ3v) is 5.24. The van der Waals surface area contributed by atoms with Gasteiger partial charge in [0.1, 0.15) is 0 Å². The lowest BCUT2D eigenvalue weighted by molar-refractivity contribution is -0.120. The number of amides is 3. The van der Waals surface area contributed by atoms with Crippen LogP contribution in [0.3, 0.4) is 0 Å². The predicted molar refractivity (Wildman–Crippen MR) is 93.7 cm³/mol. The van der Waals surface area contributed by atoms with Crippen molar-refractivity contribution in [3.8, 4) is 0 Å². The number of hydrogen-bond acceptors (Lipinski definition) is 3. The highest BCUT2D eigenvalue weighted by Crippen LogP contribution is 2.41. The molecule has 2 aliphatic rings. The summed E-state index contributed by atoms with van der Waals surface area (Å²) in [5.74, 6) is -0.0879.